The molecule has 0 heterocycles. The summed E-state index contributed by atoms with van der Waals surface area (Å²) in [5, 5.41) is 45.4. The number of hydrogen-bond donors (Lipinski definition) is 4. The van der Waals surface area contributed by atoms with Crippen molar-refractivity contribution >= 4 is 0 Å². The molecule has 0 radical (unpaired) electrons. The van der Waals surface area contributed by atoms with Gasteiger partial charge in [0.05, 0.1) is 23.9 Å². The lowest BCUT2D eigenvalue weighted by atomic mass is 9.31. The van der Waals surface area contributed by atoms with E-state index >= 15 is 0 Å². The van der Waals surface area contributed by atoms with Crippen LogP contribution in [0, 0.1) is 56.7 Å². The smallest absolute Gasteiger partial charge is 0.0623 e. The first-order valence-corrected chi connectivity index (χ1v) is 14.2. The minimum absolute atomic E-state index is 0.00284. The topological polar surface area (TPSA) is 80.9 Å². The van der Waals surface area contributed by atoms with Crippen LogP contribution in [0.15, 0.2) is 0 Å². The fourth-order valence-corrected chi connectivity index (χ4v) is 12.3. The number of rotatable bonds is 1. The Morgan fingerprint density at radius 3 is 1.74 bits per heavy atom. The molecule has 4 nitrogen and oxygen atoms in total. The van der Waals surface area contributed by atoms with Crippen LogP contribution in [0.2, 0.25) is 0 Å². The molecule has 0 amide bonds. The molecule has 0 aromatic rings. The summed E-state index contributed by atoms with van der Waals surface area (Å²) < 4.78 is 0. The SMILES string of the molecule is CC(C)(O)[C@H]1CC[C@@]2(C)[C@H]1[C@@H](O)C[C@]1(C)[C@@H]2CCC2[C@@]3(C)CC[C@H](O)C(C)(C)[C@@H]3[C@@H](O)C[C@]21C. The zero-order chi connectivity index (χ0) is 25.3. The average molecular weight is 477 g/mol. The van der Waals surface area contributed by atoms with Crippen LogP contribution in [-0.4, -0.2) is 44.3 Å². The van der Waals surface area contributed by atoms with Gasteiger partial charge in [-0.1, -0.05) is 41.5 Å². The zero-order valence-electron chi connectivity index (χ0n) is 23.1. The standard InChI is InChI=1S/C30H52O4/c1-25(2)22(33)12-14-28(6)21-10-9-20-27(5)13-11-17(26(3,4)34)23(27)18(31)15-29(20,7)30(21,8)16-19(32)24(25)28/h17-24,31-34H,9-16H2,1-8H3/t17-,18-,19-,20+,21?,22-,23+,24-,27+,28+,29+,30+/m0/s1. The first-order chi connectivity index (χ1) is 15.4. The quantitative estimate of drug-likeness (QED) is 0.421. The molecule has 0 spiro atoms. The van der Waals surface area contributed by atoms with E-state index in [4.69, 9.17) is 0 Å². The Bertz CT molecular complexity index is 832. The first kappa shape index (κ1) is 25.5. The van der Waals surface area contributed by atoms with E-state index in [1.54, 1.807) is 0 Å². The van der Waals surface area contributed by atoms with E-state index in [2.05, 4.69) is 41.5 Å². The van der Waals surface area contributed by atoms with Crippen LogP contribution in [0.3, 0.4) is 0 Å². The Hall–Kier alpha value is -0.160. The summed E-state index contributed by atoms with van der Waals surface area (Å²) in [4.78, 5) is 0. The summed E-state index contributed by atoms with van der Waals surface area (Å²) in [6.45, 7) is 17.9. The fraction of sp³-hybridized carbons (Fsp3) is 1.00. The molecule has 4 N–H and O–H groups in total. The Labute approximate surface area is 207 Å². The van der Waals surface area contributed by atoms with Gasteiger partial charge in [-0.05, 0) is 122 Å². The second-order valence-electron chi connectivity index (χ2n) is 15.8. The molecular formula is C30H52O4. The molecular weight excluding hydrogens is 424 g/mol. The van der Waals surface area contributed by atoms with Crippen molar-refractivity contribution in [2.45, 2.75) is 131 Å². The predicted octanol–water partition coefficient (Wildman–Crippen LogP) is 5.16. The van der Waals surface area contributed by atoms with Crippen molar-refractivity contribution in [2.75, 3.05) is 0 Å². The highest BCUT2D eigenvalue weighted by Gasteiger charge is 2.74. The summed E-state index contributed by atoms with van der Waals surface area (Å²) in [5.41, 5.74) is -1.15. The highest BCUT2D eigenvalue weighted by molar-refractivity contribution is 5.22. The van der Waals surface area contributed by atoms with Crippen molar-refractivity contribution in [2.24, 2.45) is 56.7 Å². The normalized spacial score (nSPS) is 58.9. The third-order valence-corrected chi connectivity index (χ3v) is 13.7. The molecule has 0 aromatic carbocycles. The van der Waals surface area contributed by atoms with Gasteiger partial charge in [0.2, 0.25) is 0 Å². The molecule has 4 heteroatoms. The minimum Gasteiger partial charge on any atom is -0.393 e. The van der Waals surface area contributed by atoms with Crippen LogP contribution in [0.4, 0.5) is 0 Å². The van der Waals surface area contributed by atoms with E-state index in [1.165, 1.54) is 12.8 Å². The highest BCUT2D eigenvalue weighted by atomic mass is 16.3. The summed E-state index contributed by atoms with van der Waals surface area (Å²) >= 11 is 0. The van der Waals surface area contributed by atoms with Gasteiger partial charge in [0.1, 0.15) is 0 Å². The van der Waals surface area contributed by atoms with Crippen LogP contribution in [0.25, 0.3) is 0 Å². The summed E-state index contributed by atoms with van der Waals surface area (Å²) in [5.74, 6) is 1.37. The predicted molar refractivity (Wildman–Crippen MR) is 135 cm³/mol. The van der Waals surface area contributed by atoms with Crippen molar-refractivity contribution in [3.05, 3.63) is 0 Å². The molecule has 0 aromatic heterocycles. The minimum atomic E-state index is -0.769. The second kappa shape index (κ2) is 7.23. The largest absolute Gasteiger partial charge is 0.393 e. The van der Waals surface area contributed by atoms with Crippen molar-refractivity contribution in [3.8, 4) is 0 Å². The van der Waals surface area contributed by atoms with Crippen LogP contribution < -0.4 is 0 Å². The molecule has 5 saturated carbocycles. The van der Waals surface area contributed by atoms with E-state index in [-0.39, 0.29) is 50.9 Å². The van der Waals surface area contributed by atoms with Crippen LogP contribution in [0.1, 0.15) is 107 Å². The van der Waals surface area contributed by atoms with Crippen LogP contribution in [0.5, 0.6) is 0 Å². The van der Waals surface area contributed by atoms with Crippen molar-refractivity contribution in [1.82, 2.24) is 0 Å². The Kier molecular flexibility index (Phi) is 5.42. The van der Waals surface area contributed by atoms with Crippen molar-refractivity contribution in [1.29, 1.82) is 0 Å². The fourth-order valence-electron chi connectivity index (χ4n) is 12.3. The van der Waals surface area contributed by atoms with Gasteiger partial charge in [-0.25, -0.2) is 0 Å². The highest BCUT2D eigenvalue weighted by Crippen LogP contribution is 2.78. The molecule has 34 heavy (non-hydrogen) atoms. The maximum Gasteiger partial charge on any atom is 0.0623 e. The van der Waals surface area contributed by atoms with Gasteiger partial charge >= 0.3 is 0 Å². The lowest BCUT2D eigenvalue weighted by Crippen LogP contribution is -2.71. The van der Waals surface area contributed by atoms with Gasteiger partial charge in [-0.15, -0.1) is 0 Å². The van der Waals surface area contributed by atoms with Gasteiger partial charge in [0, 0.05) is 0 Å². The van der Waals surface area contributed by atoms with Gasteiger partial charge in [0.25, 0.3) is 0 Å². The van der Waals surface area contributed by atoms with E-state index in [1.807, 2.05) is 13.8 Å². The van der Waals surface area contributed by atoms with Gasteiger partial charge < -0.3 is 20.4 Å². The molecule has 0 saturated heterocycles. The molecule has 5 rings (SSSR count). The molecule has 0 aliphatic heterocycles. The zero-order valence-corrected chi connectivity index (χ0v) is 23.1. The number of aliphatic hydroxyl groups excluding tert-OH is 3. The molecule has 5 aliphatic rings. The molecule has 5 aliphatic carbocycles. The number of hydrogen-bond acceptors (Lipinski definition) is 4. The maximum absolute atomic E-state index is 11.8. The number of aliphatic hydroxyl groups is 4. The third-order valence-electron chi connectivity index (χ3n) is 13.7. The Balaban J connectivity index is 1.57. The molecule has 0 bridgehead atoms. The van der Waals surface area contributed by atoms with E-state index in [9.17, 15) is 20.4 Å². The van der Waals surface area contributed by atoms with Gasteiger partial charge in [-0.2, -0.15) is 0 Å². The van der Waals surface area contributed by atoms with E-state index in [0.717, 1.165) is 38.5 Å². The average Bonchev–Trinajstić information content (AvgIpc) is 3.05. The van der Waals surface area contributed by atoms with Crippen molar-refractivity contribution in [3.63, 3.8) is 0 Å². The summed E-state index contributed by atoms with van der Waals surface area (Å²) in [6.07, 6.45) is 6.55. The Morgan fingerprint density at radius 1 is 0.676 bits per heavy atom. The first-order valence-electron chi connectivity index (χ1n) is 14.2. The van der Waals surface area contributed by atoms with Crippen molar-refractivity contribution < 1.29 is 20.4 Å². The lowest BCUT2D eigenvalue weighted by molar-refractivity contribution is -0.289. The third kappa shape index (κ3) is 2.92. The molecule has 5 fully saturated rings. The number of fused-ring (bicyclic) bond motifs is 7. The molecule has 1 unspecified atom stereocenters. The molecule has 196 valence electrons. The summed E-state index contributed by atoms with van der Waals surface area (Å²) in [6, 6.07) is 0. The van der Waals surface area contributed by atoms with E-state index < -0.39 is 17.8 Å². The van der Waals surface area contributed by atoms with Gasteiger partial charge in [0.15, 0.2) is 0 Å². The van der Waals surface area contributed by atoms with Crippen LogP contribution >= 0.6 is 0 Å². The summed E-state index contributed by atoms with van der Waals surface area (Å²) in [7, 11) is 0. The van der Waals surface area contributed by atoms with Crippen LogP contribution in [-0.2, 0) is 0 Å². The second-order valence-corrected chi connectivity index (χ2v) is 15.8. The maximum atomic E-state index is 11.8. The Morgan fingerprint density at radius 2 is 1.18 bits per heavy atom. The van der Waals surface area contributed by atoms with E-state index in [0.29, 0.717) is 11.8 Å². The van der Waals surface area contributed by atoms with Gasteiger partial charge in [-0.3, -0.25) is 0 Å². The molecule has 12 atom stereocenters. The monoisotopic (exact) mass is 476 g/mol. The lowest BCUT2D eigenvalue weighted by Gasteiger charge is -2.74.